The monoisotopic (exact) mass is 432 g/mol. The standard InChI is InChI=1S/C21H25N3O5S/c1-2-24-17-9-4-3-8-16(17)23-21-18(24)10-5-11-19(21)29-14-6-12-20(25)22-13-7-15-30(26,27)28/h3-5,8-11H,2,6-7,12-15H2,1H3,(H-,22,25,26,27,28)/p+1. The van der Waals surface area contributed by atoms with Crippen molar-refractivity contribution in [1.82, 2.24) is 10.3 Å². The Kier molecular flexibility index (Phi) is 7.17. The summed E-state index contributed by atoms with van der Waals surface area (Å²) in [5, 5.41) is 2.63. The van der Waals surface area contributed by atoms with Crippen LogP contribution >= 0.6 is 0 Å². The number of fused-ring (bicyclic) bond motifs is 2. The average molecular weight is 433 g/mol. The van der Waals surface area contributed by atoms with Crippen molar-refractivity contribution in [1.29, 1.82) is 0 Å². The molecule has 3 aromatic rings. The van der Waals surface area contributed by atoms with Gasteiger partial charge in [-0.15, -0.1) is 0 Å². The molecule has 2 aromatic carbocycles. The van der Waals surface area contributed by atoms with E-state index < -0.39 is 10.1 Å². The molecule has 0 unspecified atom stereocenters. The second kappa shape index (κ2) is 9.82. The summed E-state index contributed by atoms with van der Waals surface area (Å²) in [5.41, 5.74) is 3.74. The molecule has 0 aliphatic heterocycles. The number of amides is 1. The quantitative estimate of drug-likeness (QED) is 0.220. The summed E-state index contributed by atoms with van der Waals surface area (Å²) < 4.78 is 38.1. The molecular weight excluding hydrogens is 406 g/mol. The van der Waals surface area contributed by atoms with Gasteiger partial charge in [0.2, 0.25) is 16.9 Å². The second-order valence-corrected chi connectivity index (χ2v) is 8.48. The molecule has 9 heteroatoms. The molecule has 1 amide bonds. The summed E-state index contributed by atoms with van der Waals surface area (Å²) in [4.78, 5) is 16.6. The number of aromatic nitrogens is 2. The average Bonchev–Trinajstić information content (AvgIpc) is 2.72. The highest BCUT2D eigenvalue weighted by Gasteiger charge is 2.17. The minimum absolute atomic E-state index is 0.175. The first-order valence-corrected chi connectivity index (χ1v) is 11.6. The second-order valence-electron chi connectivity index (χ2n) is 6.91. The van der Waals surface area contributed by atoms with E-state index >= 15 is 0 Å². The molecule has 160 valence electrons. The van der Waals surface area contributed by atoms with E-state index in [1.54, 1.807) is 0 Å². The predicted octanol–water partition coefficient (Wildman–Crippen LogP) is 2.25. The van der Waals surface area contributed by atoms with Crippen molar-refractivity contribution in [3.63, 3.8) is 0 Å². The minimum Gasteiger partial charge on any atom is -0.491 e. The molecule has 0 saturated carbocycles. The number of nitrogens with one attached hydrogen (secondary N) is 1. The molecule has 0 fully saturated rings. The maximum absolute atomic E-state index is 11.8. The van der Waals surface area contributed by atoms with Crippen LogP contribution in [0.2, 0.25) is 0 Å². The summed E-state index contributed by atoms with van der Waals surface area (Å²) in [6, 6.07) is 13.8. The van der Waals surface area contributed by atoms with Crippen LogP contribution in [0.15, 0.2) is 42.5 Å². The normalized spacial score (nSPS) is 11.7. The predicted molar refractivity (Wildman–Crippen MR) is 114 cm³/mol. The molecule has 0 saturated heterocycles. The zero-order valence-corrected chi connectivity index (χ0v) is 17.7. The van der Waals surface area contributed by atoms with E-state index in [0.717, 1.165) is 28.6 Å². The van der Waals surface area contributed by atoms with Gasteiger partial charge in [0.15, 0.2) is 11.3 Å². The van der Waals surface area contributed by atoms with Gasteiger partial charge in [-0.2, -0.15) is 13.0 Å². The van der Waals surface area contributed by atoms with E-state index in [1.807, 2.05) is 42.5 Å². The van der Waals surface area contributed by atoms with Crippen LogP contribution in [-0.2, 0) is 21.5 Å². The van der Waals surface area contributed by atoms with Gasteiger partial charge in [-0.25, -0.2) is 4.98 Å². The van der Waals surface area contributed by atoms with Gasteiger partial charge in [0.25, 0.3) is 10.1 Å². The van der Waals surface area contributed by atoms with E-state index in [2.05, 4.69) is 16.8 Å². The molecule has 0 spiro atoms. The van der Waals surface area contributed by atoms with Gasteiger partial charge in [-0.3, -0.25) is 9.35 Å². The van der Waals surface area contributed by atoms with Crippen molar-refractivity contribution in [2.45, 2.75) is 32.7 Å². The summed E-state index contributed by atoms with van der Waals surface area (Å²) in [6.45, 7) is 3.46. The Hall–Kier alpha value is -2.78. The zero-order valence-electron chi connectivity index (χ0n) is 16.9. The SMILES string of the molecule is CC[n+]1c2ccccc2nc2c(OCCCC(=O)NCCCS(=O)(=O)O)cccc21. The fourth-order valence-electron chi connectivity index (χ4n) is 3.32. The Morgan fingerprint density at radius 1 is 1.13 bits per heavy atom. The van der Waals surface area contributed by atoms with Crippen LogP contribution in [0.3, 0.4) is 0 Å². The molecule has 30 heavy (non-hydrogen) atoms. The van der Waals surface area contributed by atoms with E-state index in [1.165, 1.54) is 0 Å². The number of hydrogen-bond acceptors (Lipinski definition) is 5. The first-order chi connectivity index (χ1) is 14.4. The number of para-hydroxylation sites is 3. The van der Waals surface area contributed by atoms with Crippen molar-refractivity contribution in [3.05, 3.63) is 42.5 Å². The van der Waals surface area contributed by atoms with Crippen LogP contribution in [0, 0.1) is 0 Å². The van der Waals surface area contributed by atoms with E-state index in [-0.39, 0.29) is 31.0 Å². The van der Waals surface area contributed by atoms with E-state index in [4.69, 9.17) is 14.3 Å². The van der Waals surface area contributed by atoms with Crippen LogP contribution in [0.4, 0.5) is 0 Å². The van der Waals surface area contributed by atoms with Crippen LogP contribution < -0.4 is 14.6 Å². The molecule has 1 aromatic heterocycles. The molecular formula is C21H26N3O5S+. The lowest BCUT2D eigenvalue weighted by Gasteiger charge is -2.10. The van der Waals surface area contributed by atoms with Crippen molar-refractivity contribution >= 4 is 38.1 Å². The summed E-state index contributed by atoms with van der Waals surface area (Å²) >= 11 is 0. The molecule has 1 heterocycles. The number of carbonyl (C=O) groups excluding carboxylic acids is 1. The fraction of sp³-hybridized carbons (Fsp3) is 0.381. The minimum atomic E-state index is -3.99. The topological polar surface area (TPSA) is 109 Å². The lowest BCUT2D eigenvalue weighted by atomic mass is 10.2. The number of ether oxygens (including phenoxy) is 1. The van der Waals surface area contributed by atoms with Gasteiger partial charge in [0.1, 0.15) is 12.1 Å². The molecule has 0 aliphatic carbocycles. The highest BCUT2D eigenvalue weighted by Crippen LogP contribution is 2.24. The van der Waals surface area contributed by atoms with E-state index in [9.17, 15) is 13.2 Å². The Morgan fingerprint density at radius 3 is 2.67 bits per heavy atom. The number of aryl methyl sites for hydroxylation is 1. The van der Waals surface area contributed by atoms with Crippen LogP contribution in [0.25, 0.3) is 22.1 Å². The third-order valence-electron chi connectivity index (χ3n) is 4.70. The van der Waals surface area contributed by atoms with Crippen molar-refractivity contribution in [2.24, 2.45) is 0 Å². The Morgan fingerprint density at radius 2 is 1.90 bits per heavy atom. The van der Waals surface area contributed by atoms with Gasteiger partial charge in [0.05, 0.1) is 12.4 Å². The van der Waals surface area contributed by atoms with Gasteiger partial charge in [0, 0.05) is 25.1 Å². The lowest BCUT2D eigenvalue weighted by molar-refractivity contribution is -0.641. The van der Waals surface area contributed by atoms with Crippen LogP contribution in [-0.4, -0.2) is 42.8 Å². The summed E-state index contributed by atoms with van der Waals surface area (Å²) in [7, 11) is -3.99. The molecule has 0 aliphatic rings. The van der Waals surface area contributed by atoms with Gasteiger partial charge >= 0.3 is 0 Å². The third-order valence-corrected chi connectivity index (χ3v) is 5.50. The summed E-state index contributed by atoms with van der Waals surface area (Å²) in [6.07, 6.45) is 0.956. The first-order valence-electron chi connectivity index (χ1n) is 9.95. The number of rotatable bonds is 10. The van der Waals surface area contributed by atoms with Crippen molar-refractivity contribution < 1.29 is 27.1 Å². The number of benzene rings is 2. The molecule has 2 N–H and O–H groups in total. The molecule has 8 nitrogen and oxygen atoms in total. The van der Waals surface area contributed by atoms with E-state index in [0.29, 0.717) is 18.8 Å². The maximum Gasteiger partial charge on any atom is 0.264 e. The largest absolute Gasteiger partial charge is 0.491 e. The zero-order chi connectivity index (χ0) is 21.6. The molecule has 3 rings (SSSR count). The van der Waals surface area contributed by atoms with Crippen LogP contribution in [0.5, 0.6) is 5.75 Å². The number of hydrogen-bond donors (Lipinski definition) is 2. The van der Waals surface area contributed by atoms with Crippen LogP contribution in [0.1, 0.15) is 26.2 Å². The van der Waals surface area contributed by atoms with Gasteiger partial charge in [-0.05, 0) is 31.9 Å². The Labute approximate surface area is 175 Å². The lowest BCUT2D eigenvalue weighted by Crippen LogP contribution is -2.34. The Balaban J connectivity index is 1.59. The van der Waals surface area contributed by atoms with Crippen molar-refractivity contribution in [3.8, 4) is 5.75 Å². The number of carbonyl (C=O) groups is 1. The third kappa shape index (κ3) is 5.64. The maximum atomic E-state index is 11.8. The smallest absolute Gasteiger partial charge is 0.264 e. The van der Waals surface area contributed by atoms with Gasteiger partial charge in [-0.1, -0.05) is 18.2 Å². The summed E-state index contributed by atoms with van der Waals surface area (Å²) in [5.74, 6) is 0.130. The van der Waals surface area contributed by atoms with Gasteiger partial charge < -0.3 is 10.1 Å². The fourth-order valence-corrected chi connectivity index (χ4v) is 3.83. The highest BCUT2D eigenvalue weighted by molar-refractivity contribution is 7.85. The highest BCUT2D eigenvalue weighted by atomic mass is 32.2. The molecule has 0 radical (unpaired) electrons. The molecule has 0 atom stereocenters. The van der Waals surface area contributed by atoms with Crippen molar-refractivity contribution in [2.75, 3.05) is 18.9 Å². The Bertz CT molecular complexity index is 1150. The number of nitrogens with zero attached hydrogens (tertiary/aromatic N) is 2. The molecule has 0 bridgehead atoms. The first kappa shape index (κ1) is 21.9.